The predicted octanol–water partition coefficient (Wildman–Crippen LogP) is 2.78. The van der Waals surface area contributed by atoms with Gasteiger partial charge in [-0.25, -0.2) is 9.97 Å². The van der Waals surface area contributed by atoms with E-state index in [1.165, 1.54) is 38.4 Å². The summed E-state index contributed by atoms with van der Waals surface area (Å²) in [5, 5.41) is 3.12. The molecule has 2 aliphatic rings. The lowest BCUT2D eigenvalue weighted by Gasteiger charge is -2.31. The van der Waals surface area contributed by atoms with E-state index in [-0.39, 0.29) is 5.91 Å². The first-order valence-electron chi connectivity index (χ1n) is 8.60. The van der Waals surface area contributed by atoms with Gasteiger partial charge in [0.2, 0.25) is 0 Å². The van der Waals surface area contributed by atoms with Crippen LogP contribution in [0.15, 0.2) is 12.4 Å². The van der Waals surface area contributed by atoms with Crippen molar-refractivity contribution in [1.82, 2.24) is 15.3 Å². The van der Waals surface area contributed by atoms with Gasteiger partial charge >= 0.3 is 0 Å². The molecule has 3 rings (SSSR count). The maximum atomic E-state index is 12.4. The molecule has 1 aliphatic heterocycles. The third-order valence-corrected chi connectivity index (χ3v) is 4.93. The highest BCUT2D eigenvalue weighted by Crippen LogP contribution is 2.22. The van der Waals surface area contributed by atoms with E-state index in [9.17, 15) is 4.79 Å². The van der Waals surface area contributed by atoms with Crippen molar-refractivity contribution in [3.05, 3.63) is 18.1 Å². The number of piperidine rings is 1. The van der Waals surface area contributed by atoms with Gasteiger partial charge in [0.15, 0.2) is 0 Å². The third-order valence-electron chi connectivity index (χ3n) is 4.93. The van der Waals surface area contributed by atoms with E-state index in [4.69, 9.17) is 0 Å². The Balaban J connectivity index is 1.63. The summed E-state index contributed by atoms with van der Waals surface area (Å²) in [6.45, 7) is 4.32. The maximum Gasteiger partial charge on any atom is 0.270 e. The molecule has 1 saturated heterocycles. The largest absolute Gasteiger partial charge is 0.356 e. The van der Waals surface area contributed by atoms with Gasteiger partial charge in [0.1, 0.15) is 17.8 Å². The summed E-state index contributed by atoms with van der Waals surface area (Å²) in [6.07, 6.45) is 9.79. The molecule has 5 heteroatoms. The van der Waals surface area contributed by atoms with Crippen LogP contribution in [0.2, 0.25) is 0 Å². The number of rotatable bonds is 3. The van der Waals surface area contributed by atoms with Crippen molar-refractivity contribution in [2.45, 2.75) is 57.9 Å². The Kier molecular flexibility index (Phi) is 4.90. The Morgan fingerprint density at radius 3 is 2.59 bits per heavy atom. The van der Waals surface area contributed by atoms with Gasteiger partial charge in [-0.2, -0.15) is 0 Å². The zero-order valence-corrected chi connectivity index (χ0v) is 13.4. The smallest absolute Gasteiger partial charge is 0.270 e. The zero-order valence-electron chi connectivity index (χ0n) is 13.4. The van der Waals surface area contributed by atoms with Gasteiger partial charge in [-0.05, 0) is 31.6 Å². The Labute approximate surface area is 132 Å². The van der Waals surface area contributed by atoms with Crippen molar-refractivity contribution in [3.63, 3.8) is 0 Å². The van der Waals surface area contributed by atoms with E-state index >= 15 is 0 Å². The first-order chi connectivity index (χ1) is 10.7. The average molecular weight is 302 g/mol. The first-order valence-corrected chi connectivity index (χ1v) is 8.60. The van der Waals surface area contributed by atoms with Crippen molar-refractivity contribution in [2.75, 3.05) is 18.0 Å². The highest BCUT2D eigenvalue weighted by molar-refractivity contribution is 5.93. The van der Waals surface area contributed by atoms with Crippen LogP contribution in [0.1, 0.15) is 62.4 Å². The summed E-state index contributed by atoms with van der Waals surface area (Å²) < 4.78 is 0. The lowest BCUT2D eigenvalue weighted by atomic mass is 9.95. The molecule has 1 aliphatic carbocycles. The van der Waals surface area contributed by atoms with Crippen molar-refractivity contribution in [2.24, 2.45) is 5.92 Å². The molecule has 0 aromatic carbocycles. The number of nitrogens with zero attached hydrogens (tertiary/aromatic N) is 3. The number of anilines is 1. The number of hydrogen-bond donors (Lipinski definition) is 1. The highest BCUT2D eigenvalue weighted by atomic mass is 16.1. The zero-order chi connectivity index (χ0) is 15.4. The Morgan fingerprint density at radius 2 is 1.86 bits per heavy atom. The van der Waals surface area contributed by atoms with E-state index in [0.29, 0.717) is 11.7 Å². The molecule has 1 aromatic rings. The molecule has 1 amide bonds. The van der Waals surface area contributed by atoms with Crippen molar-refractivity contribution in [1.29, 1.82) is 0 Å². The molecule has 0 unspecified atom stereocenters. The van der Waals surface area contributed by atoms with E-state index in [1.54, 1.807) is 0 Å². The van der Waals surface area contributed by atoms with E-state index in [2.05, 4.69) is 27.1 Å². The van der Waals surface area contributed by atoms with Crippen LogP contribution in [0.4, 0.5) is 5.82 Å². The Morgan fingerprint density at radius 1 is 1.14 bits per heavy atom. The van der Waals surface area contributed by atoms with Crippen LogP contribution in [0, 0.1) is 5.92 Å². The van der Waals surface area contributed by atoms with Crippen molar-refractivity contribution in [3.8, 4) is 0 Å². The summed E-state index contributed by atoms with van der Waals surface area (Å²) in [6, 6.07) is 2.16. The number of nitrogens with one attached hydrogen (secondary N) is 1. The Hall–Kier alpha value is -1.65. The number of carbonyl (C=O) groups excluding carboxylic acids is 1. The minimum atomic E-state index is -0.0547. The van der Waals surface area contributed by atoms with Crippen LogP contribution >= 0.6 is 0 Å². The molecule has 1 N–H and O–H groups in total. The number of amides is 1. The molecule has 0 radical (unpaired) electrons. The van der Waals surface area contributed by atoms with Gasteiger partial charge in [-0.1, -0.05) is 26.2 Å². The molecule has 22 heavy (non-hydrogen) atoms. The first kappa shape index (κ1) is 15.3. The number of aromatic nitrogens is 2. The maximum absolute atomic E-state index is 12.4. The predicted molar refractivity (Wildman–Crippen MR) is 87.0 cm³/mol. The molecule has 1 aromatic heterocycles. The molecule has 2 heterocycles. The lowest BCUT2D eigenvalue weighted by Crippen LogP contribution is -2.37. The van der Waals surface area contributed by atoms with Crippen molar-refractivity contribution < 1.29 is 4.79 Å². The standard InChI is InChI=1S/C17H26N4O/c1-13-7-9-21(10-8-13)16-11-15(18-12-19-16)17(22)20-14-5-3-2-4-6-14/h11-14H,2-10H2,1H3,(H,20,22). The van der Waals surface area contributed by atoms with Gasteiger partial charge in [0, 0.05) is 25.2 Å². The fraction of sp³-hybridized carbons (Fsp3) is 0.706. The second kappa shape index (κ2) is 7.07. The van der Waals surface area contributed by atoms with Gasteiger partial charge in [-0.3, -0.25) is 4.79 Å². The number of carbonyl (C=O) groups is 1. The van der Waals surface area contributed by atoms with Crippen LogP contribution in [-0.2, 0) is 0 Å². The summed E-state index contributed by atoms with van der Waals surface area (Å²) >= 11 is 0. The summed E-state index contributed by atoms with van der Waals surface area (Å²) in [4.78, 5) is 23.2. The van der Waals surface area contributed by atoms with Crippen LogP contribution in [0.5, 0.6) is 0 Å². The minimum Gasteiger partial charge on any atom is -0.356 e. The van der Waals surface area contributed by atoms with Gasteiger partial charge in [0.05, 0.1) is 0 Å². The van der Waals surface area contributed by atoms with Crippen LogP contribution in [-0.4, -0.2) is 35.0 Å². The molecule has 120 valence electrons. The molecular formula is C17H26N4O. The van der Waals surface area contributed by atoms with E-state index in [0.717, 1.165) is 37.7 Å². The van der Waals surface area contributed by atoms with Crippen LogP contribution in [0.25, 0.3) is 0 Å². The van der Waals surface area contributed by atoms with Crippen molar-refractivity contribution >= 4 is 11.7 Å². The van der Waals surface area contributed by atoms with Gasteiger partial charge < -0.3 is 10.2 Å². The Bertz CT molecular complexity index is 505. The number of hydrogen-bond acceptors (Lipinski definition) is 4. The monoisotopic (exact) mass is 302 g/mol. The molecule has 5 nitrogen and oxygen atoms in total. The van der Waals surface area contributed by atoms with Crippen LogP contribution < -0.4 is 10.2 Å². The normalized spacial score (nSPS) is 20.9. The second-order valence-corrected chi connectivity index (χ2v) is 6.74. The SMILES string of the molecule is CC1CCN(c2cc(C(=O)NC3CCCCC3)ncn2)CC1. The topological polar surface area (TPSA) is 58.1 Å². The quantitative estimate of drug-likeness (QED) is 0.933. The molecule has 2 fully saturated rings. The van der Waals surface area contributed by atoms with Crippen LogP contribution in [0.3, 0.4) is 0 Å². The second-order valence-electron chi connectivity index (χ2n) is 6.74. The molecule has 0 bridgehead atoms. The summed E-state index contributed by atoms with van der Waals surface area (Å²) in [7, 11) is 0. The van der Waals surface area contributed by atoms with Gasteiger partial charge in [-0.15, -0.1) is 0 Å². The molecule has 0 spiro atoms. The third kappa shape index (κ3) is 3.76. The highest BCUT2D eigenvalue weighted by Gasteiger charge is 2.20. The summed E-state index contributed by atoms with van der Waals surface area (Å²) in [5.41, 5.74) is 0.495. The summed E-state index contributed by atoms with van der Waals surface area (Å²) in [5.74, 6) is 1.61. The fourth-order valence-corrected chi connectivity index (χ4v) is 3.39. The lowest BCUT2D eigenvalue weighted by molar-refractivity contribution is 0.0922. The average Bonchev–Trinajstić information content (AvgIpc) is 2.56. The molecule has 0 atom stereocenters. The molecular weight excluding hydrogens is 276 g/mol. The van der Waals surface area contributed by atoms with E-state index in [1.807, 2.05) is 6.07 Å². The van der Waals surface area contributed by atoms with E-state index < -0.39 is 0 Å². The fourth-order valence-electron chi connectivity index (χ4n) is 3.39. The van der Waals surface area contributed by atoms with Gasteiger partial charge in [0.25, 0.3) is 5.91 Å². The molecule has 1 saturated carbocycles. The minimum absolute atomic E-state index is 0.0547.